The van der Waals surface area contributed by atoms with Crippen molar-refractivity contribution in [2.75, 3.05) is 6.54 Å². The lowest BCUT2D eigenvalue weighted by atomic mass is 10.0. The second kappa shape index (κ2) is 6.32. The van der Waals surface area contributed by atoms with E-state index < -0.39 is 22.8 Å². The van der Waals surface area contributed by atoms with Gasteiger partial charge in [-0.15, -0.1) is 0 Å². The lowest BCUT2D eigenvalue weighted by molar-refractivity contribution is -0.385. The van der Waals surface area contributed by atoms with Crippen molar-refractivity contribution in [3.05, 3.63) is 49.9 Å². The molecule has 0 bridgehead atoms. The molecule has 1 aromatic carbocycles. The van der Waals surface area contributed by atoms with Crippen molar-refractivity contribution >= 4 is 5.69 Å². The summed E-state index contributed by atoms with van der Waals surface area (Å²) < 4.78 is 0. The molecule has 98 valence electrons. The number of rotatable bonds is 5. The fourth-order valence-electron chi connectivity index (χ4n) is 1.42. The van der Waals surface area contributed by atoms with Crippen molar-refractivity contribution in [2.45, 2.75) is 12.2 Å². The molecule has 2 atom stereocenters. The highest BCUT2D eigenvalue weighted by Crippen LogP contribution is 2.25. The lowest BCUT2D eigenvalue weighted by Gasteiger charge is -2.16. The molecule has 9 heteroatoms. The van der Waals surface area contributed by atoms with Gasteiger partial charge in [0.05, 0.1) is 17.6 Å². The summed E-state index contributed by atoms with van der Waals surface area (Å²) in [6, 6.07) is 5.12. The van der Waals surface area contributed by atoms with Crippen LogP contribution in [0.25, 0.3) is 10.4 Å². The molecule has 0 aliphatic carbocycles. The Morgan fingerprint density at radius 3 is 2.79 bits per heavy atom. The van der Waals surface area contributed by atoms with Crippen LogP contribution in [0.4, 0.5) is 5.69 Å². The zero-order valence-corrected chi connectivity index (χ0v) is 9.54. The van der Waals surface area contributed by atoms with Crippen LogP contribution in [-0.2, 0) is 0 Å². The van der Waals surface area contributed by atoms with Crippen LogP contribution in [0, 0.1) is 21.4 Å². The van der Waals surface area contributed by atoms with Crippen LogP contribution < -0.4 is 0 Å². The maximum Gasteiger partial charge on any atom is 0.287 e. The third-order valence-corrected chi connectivity index (χ3v) is 2.38. The number of nitro groups is 1. The topological polar surface area (TPSA) is 156 Å². The molecule has 0 saturated heterocycles. The predicted octanol–water partition coefficient (Wildman–Crippen LogP) is 1.17. The van der Waals surface area contributed by atoms with Gasteiger partial charge in [0.2, 0.25) is 0 Å². The van der Waals surface area contributed by atoms with Crippen molar-refractivity contribution in [1.29, 1.82) is 5.26 Å². The fourth-order valence-corrected chi connectivity index (χ4v) is 1.42. The predicted molar refractivity (Wildman–Crippen MR) is 62.8 cm³/mol. The highest BCUT2D eigenvalue weighted by Gasteiger charge is 2.22. The minimum atomic E-state index is -1.45. The molecule has 0 fully saturated rings. The SMILES string of the molecule is N#Cc1ccc(C(O)C(O)CN=[N+]=[N-])cc1[N+](=O)[O-]. The van der Waals surface area contributed by atoms with Crippen LogP contribution in [0.2, 0.25) is 0 Å². The van der Waals surface area contributed by atoms with Crippen molar-refractivity contribution in [1.82, 2.24) is 0 Å². The molecular formula is C10H9N5O4. The molecule has 9 nitrogen and oxygen atoms in total. The molecule has 1 rings (SSSR count). The quantitative estimate of drug-likeness (QED) is 0.268. The summed E-state index contributed by atoms with van der Waals surface area (Å²) in [6.07, 6.45) is -2.83. The second-order valence-electron chi connectivity index (χ2n) is 3.57. The summed E-state index contributed by atoms with van der Waals surface area (Å²) in [4.78, 5) is 12.4. The van der Waals surface area contributed by atoms with Gasteiger partial charge in [0, 0.05) is 11.0 Å². The maximum absolute atomic E-state index is 10.7. The standard InChI is InChI=1S/C10H9N5O4/c11-4-7-2-1-6(3-8(7)15(18)19)10(17)9(16)5-13-14-12/h1-3,9-10,16-17H,5H2. The molecule has 2 unspecified atom stereocenters. The van der Waals surface area contributed by atoms with Crippen molar-refractivity contribution in [3.8, 4) is 6.07 Å². The first-order chi connectivity index (χ1) is 9.01. The van der Waals surface area contributed by atoms with Gasteiger partial charge in [-0.05, 0) is 17.2 Å². The van der Waals surface area contributed by atoms with Gasteiger partial charge in [0.25, 0.3) is 5.69 Å². The molecule has 0 aliphatic rings. The summed E-state index contributed by atoms with van der Waals surface area (Å²) in [6.45, 7) is -0.370. The third-order valence-electron chi connectivity index (χ3n) is 2.38. The van der Waals surface area contributed by atoms with E-state index in [-0.39, 0.29) is 17.7 Å². The van der Waals surface area contributed by atoms with Gasteiger partial charge >= 0.3 is 0 Å². The molecule has 0 aromatic heterocycles. The van der Waals surface area contributed by atoms with E-state index in [1.54, 1.807) is 6.07 Å². The van der Waals surface area contributed by atoms with Gasteiger partial charge in [0.1, 0.15) is 17.7 Å². The summed E-state index contributed by atoms with van der Waals surface area (Å²) in [5.41, 5.74) is 7.54. The van der Waals surface area contributed by atoms with Crippen molar-refractivity contribution in [3.63, 3.8) is 0 Å². The Morgan fingerprint density at radius 1 is 1.58 bits per heavy atom. The zero-order valence-electron chi connectivity index (χ0n) is 9.54. The van der Waals surface area contributed by atoms with E-state index in [1.807, 2.05) is 0 Å². The average molecular weight is 263 g/mol. The first-order valence-electron chi connectivity index (χ1n) is 5.06. The number of aliphatic hydroxyl groups excluding tert-OH is 2. The van der Waals surface area contributed by atoms with Gasteiger partial charge in [-0.2, -0.15) is 5.26 Å². The number of nitriles is 1. The summed E-state index contributed by atoms with van der Waals surface area (Å²) in [5.74, 6) is 0. The van der Waals surface area contributed by atoms with E-state index in [9.17, 15) is 20.3 Å². The zero-order chi connectivity index (χ0) is 14.4. The highest BCUT2D eigenvalue weighted by atomic mass is 16.6. The molecule has 2 N–H and O–H groups in total. The number of aliphatic hydroxyl groups is 2. The second-order valence-corrected chi connectivity index (χ2v) is 3.57. The third kappa shape index (κ3) is 3.40. The molecule has 0 saturated carbocycles. The molecule has 0 heterocycles. The normalized spacial score (nSPS) is 12.9. The molecule has 19 heavy (non-hydrogen) atoms. The number of hydrogen-bond acceptors (Lipinski definition) is 6. The van der Waals surface area contributed by atoms with Gasteiger partial charge < -0.3 is 10.2 Å². The molecule has 0 aliphatic heterocycles. The number of nitro benzene ring substituents is 1. The number of nitrogens with zero attached hydrogens (tertiary/aromatic N) is 5. The van der Waals surface area contributed by atoms with Crippen LogP contribution in [0.5, 0.6) is 0 Å². The van der Waals surface area contributed by atoms with E-state index in [0.717, 1.165) is 6.07 Å². The average Bonchev–Trinajstić information content (AvgIpc) is 2.42. The van der Waals surface area contributed by atoms with Crippen molar-refractivity contribution in [2.24, 2.45) is 5.11 Å². The Hall–Kier alpha value is -2.66. The van der Waals surface area contributed by atoms with E-state index in [0.29, 0.717) is 0 Å². The largest absolute Gasteiger partial charge is 0.390 e. The summed E-state index contributed by atoms with van der Waals surface area (Å²) in [5, 5.41) is 41.8. The Kier molecular flexibility index (Phi) is 4.79. The minimum Gasteiger partial charge on any atom is -0.390 e. The molecule has 0 amide bonds. The van der Waals surface area contributed by atoms with Crippen LogP contribution in [-0.4, -0.2) is 27.8 Å². The van der Waals surface area contributed by atoms with Crippen molar-refractivity contribution < 1.29 is 15.1 Å². The Bertz CT molecular complexity index is 576. The van der Waals surface area contributed by atoms with Crippen LogP contribution in [0.15, 0.2) is 23.3 Å². The van der Waals surface area contributed by atoms with Crippen LogP contribution in [0.1, 0.15) is 17.2 Å². The minimum absolute atomic E-state index is 0.0614. The van der Waals surface area contributed by atoms with Crippen LogP contribution >= 0.6 is 0 Å². The fraction of sp³-hybridized carbons (Fsp3) is 0.300. The van der Waals surface area contributed by atoms with E-state index in [1.165, 1.54) is 12.1 Å². The first kappa shape index (κ1) is 14.4. The number of hydrogen-bond donors (Lipinski definition) is 2. The molecular weight excluding hydrogens is 254 g/mol. The number of benzene rings is 1. The van der Waals surface area contributed by atoms with E-state index in [2.05, 4.69) is 10.0 Å². The van der Waals surface area contributed by atoms with E-state index in [4.69, 9.17) is 10.8 Å². The summed E-state index contributed by atoms with van der Waals surface area (Å²) in [7, 11) is 0. The van der Waals surface area contributed by atoms with E-state index >= 15 is 0 Å². The van der Waals surface area contributed by atoms with Gasteiger partial charge in [-0.1, -0.05) is 11.2 Å². The molecule has 0 spiro atoms. The number of azide groups is 1. The van der Waals surface area contributed by atoms with Gasteiger partial charge in [0.15, 0.2) is 0 Å². The first-order valence-corrected chi connectivity index (χ1v) is 5.06. The summed E-state index contributed by atoms with van der Waals surface area (Å²) >= 11 is 0. The Balaban J connectivity index is 3.08. The molecule has 0 radical (unpaired) electrons. The molecule has 1 aromatic rings. The van der Waals surface area contributed by atoms with Crippen LogP contribution in [0.3, 0.4) is 0 Å². The maximum atomic E-state index is 10.7. The smallest absolute Gasteiger partial charge is 0.287 e. The highest BCUT2D eigenvalue weighted by molar-refractivity contribution is 5.50. The monoisotopic (exact) mass is 263 g/mol. The lowest BCUT2D eigenvalue weighted by Crippen LogP contribution is -2.21. The van der Waals surface area contributed by atoms with Gasteiger partial charge in [-0.25, -0.2) is 0 Å². The Labute approximate surface area is 107 Å². The Morgan fingerprint density at radius 2 is 2.26 bits per heavy atom. The van der Waals surface area contributed by atoms with Gasteiger partial charge in [-0.3, -0.25) is 10.1 Å².